The molecule has 2 atom stereocenters. The highest BCUT2D eigenvalue weighted by molar-refractivity contribution is 5.74. The number of hydrogen-bond donors (Lipinski definition) is 1. The maximum absolute atomic E-state index is 12.7. The quantitative estimate of drug-likeness (QED) is 0.926. The molecule has 130 valence electrons. The van der Waals surface area contributed by atoms with Crippen LogP contribution < -0.4 is 5.32 Å². The minimum atomic E-state index is -0.102. The highest BCUT2D eigenvalue weighted by Gasteiger charge is 2.33. The SMILES string of the molecule is Cc1ccc([C@H]2C[C@H](C)CCN2C(=O)NCc2nc(C)c(C)o2)o1. The largest absolute Gasteiger partial charge is 0.464 e. The van der Waals surface area contributed by atoms with Gasteiger partial charge in [-0.15, -0.1) is 0 Å². The number of carbonyl (C=O) groups excluding carboxylic acids is 1. The van der Waals surface area contributed by atoms with E-state index in [1.165, 1.54) is 0 Å². The number of nitrogens with zero attached hydrogens (tertiary/aromatic N) is 2. The number of furan rings is 1. The summed E-state index contributed by atoms with van der Waals surface area (Å²) in [7, 11) is 0. The Morgan fingerprint density at radius 3 is 2.75 bits per heavy atom. The normalized spacial score (nSPS) is 21.1. The summed E-state index contributed by atoms with van der Waals surface area (Å²) in [5.74, 6) is 3.62. The van der Waals surface area contributed by atoms with E-state index < -0.39 is 0 Å². The fourth-order valence-corrected chi connectivity index (χ4v) is 3.15. The minimum Gasteiger partial charge on any atom is -0.464 e. The van der Waals surface area contributed by atoms with E-state index in [2.05, 4.69) is 17.2 Å². The molecule has 0 aliphatic carbocycles. The number of piperidine rings is 1. The number of carbonyl (C=O) groups is 1. The van der Waals surface area contributed by atoms with Crippen molar-refractivity contribution in [3.05, 3.63) is 41.0 Å². The van der Waals surface area contributed by atoms with Crippen LogP contribution in [0.25, 0.3) is 0 Å². The van der Waals surface area contributed by atoms with Crippen molar-refractivity contribution in [3.8, 4) is 0 Å². The van der Waals surface area contributed by atoms with Crippen LogP contribution in [0.1, 0.15) is 54.7 Å². The number of aromatic nitrogens is 1. The Morgan fingerprint density at radius 2 is 2.12 bits per heavy atom. The van der Waals surface area contributed by atoms with Crippen molar-refractivity contribution in [2.45, 2.75) is 53.1 Å². The summed E-state index contributed by atoms with van der Waals surface area (Å²) < 4.78 is 11.3. The zero-order valence-corrected chi connectivity index (χ0v) is 14.8. The van der Waals surface area contributed by atoms with Crippen LogP contribution in [0.2, 0.25) is 0 Å². The topological polar surface area (TPSA) is 71.5 Å². The summed E-state index contributed by atoms with van der Waals surface area (Å²) in [6.07, 6.45) is 1.92. The van der Waals surface area contributed by atoms with Crippen LogP contribution in [0, 0.1) is 26.7 Å². The lowest BCUT2D eigenvalue weighted by Crippen LogP contribution is -2.45. The summed E-state index contributed by atoms with van der Waals surface area (Å²) in [6, 6.07) is 3.80. The van der Waals surface area contributed by atoms with Gasteiger partial charge in [0.15, 0.2) is 0 Å². The molecule has 2 aromatic heterocycles. The van der Waals surface area contributed by atoms with Crippen molar-refractivity contribution in [3.63, 3.8) is 0 Å². The van der Waals surface area contributed by atoms with Crippen molar-refractivity contribution in [1.82, 2.24) is 15.2 Å². The summed E-state index contributed by atoms with van der Waals surface area (Å²) in [5, 5.41) is 2.92. The molecule has 6 heteroatoms. The Bertz CT molecular complexity index is 699. The van der Waals surface area contributed by atoms with Crippen LogP contribution in [-0.2, 0) is 6.54 Å². The van der Waals surface area contributed by atoms with E-state index in [-0.39, 0.29) is 12.1 Å². The summed E-state index contributed by atoms with van der Waals surface area (Å²) in [4.78, 5) is 18.8. The van der Waals surface area contributed by atoms with Gasteiger partial charge in [-0.1, -0.05) is 6.92 Å². The van der Waals surface area contributed by atoms with Crippen molar-refractivity contribution in [2.75, 3.05) is 6.54 Å². The van der Waals surface area contributed by atoms with Crippen molar-refractivity contribution in [2.24, 2.45) is 5.92 Å². The van der Waals surface area contributed by atoms with Gasteiger partial charge in [-0.3, -0.25) is 0 Å². The molecular weight excluding hydrogens is 306 g/mol. The molecular formula is C18H25N3O3. The van der Waals surface area contributed by atoms with Gasteiger partial charge >= 0.3 is 6.03 Å². The molecule has 0 radical (unpaired) electrons. The molecule has 1 aliphatic heterocycles. The Morgan fingerprint density at radius 1 is 1.33 bits per heavy atom. The van der Waals surface area contributed by atoms with Crippen LogP contribution >= 0.6 is 0 Å². The maximum Gasteiger partial charge on any atom is 0.318 e. The molecule has 2 amide bonds. The molecule has 0 aromatic carbocycles. The number of amides is 2. The first-order valence-electron chi connectivity index (χ1n) is 8.47. The first kappa shape index (κ1) is 16.6. The second-order valence-electron chi connectivity index (χ2n) is 6.70. The zero-order valence-electron chi connectivity index (χ0n) is 14.8. The fourth-order valence-electron chi connectivity index (χ4n) is 3.15. The number of aryl methyl sites for hydroxylation is 3. The third-order valence-corrected chi connectivity index (χ3v) is 4.68. The zero-order chi connectivity index (χ0) is 17.3. The summed E-state index contributed by atoms with van der Waals surface area (Å²) >= 11 is 0. The smallest absolute Gasteiger partial charge is 0.318 e. The average molecular weight is 331 g/mol. The van der Waals surface area contributed by atoms with Crippen LogP contribution in [-0.4, -0.2) is 22.5 Å². The standard InChI is InChI=1S/C18H25N3O3/c1-11-7-8-21(15(9-11)16-6-5-12(2)23-16)18(22)19-10-17-20-13(3)14(4)24-17/h5-6,11,15H,7-10H2,1-4H3,(H,19,22)/t11-,15-/m1/s1. The van der Waals surface area contributed by atoms with Crippen LogP contribution in [0.15, 0.2) is 21.0 Å². The number of rotatable bonds is 3. The van der Waals surface area contributed by atoms with Gasteiger partial charge in [-0.05, 0) is 51.7 Å². The van der Waals surface area contributed by atoms with E-state index in [4.69, 9.17) is 8.83 Å². The molecule has 0 unspecified atom stereocenters. The molecule has 0 spiro atoms. The Balaban J connectivity index is 1.69. The predicted molar refractivity (Wildman–Crippen MR) is 89.5 cm³/mol. The van der Waals surface area contributed by atoms with E-state index in [1.807, 2.05) is 37.8 Å². The molecule has 2 aromatic rings. The molecule has 1 N–H and O–H groups in total. The molecule has 0 bridgehead atoms. The van der Waals surface area contributed by atoms with Crippen molar-refractivity contribution >= 4 is 6.03 Å². The number of hydrogen-bond acceptors (Lipinski definition) is 4. The lowest BCUT2D eigenvalue weighted by molar-refractivity contribution is 0.118. The van der Waals surface area contributed by atoms with E-state index >= 15 is 0 Å². The van der Waals surface area contributed by atoms with Crippen molar-refractivity contribution < 1.29 is 13.6 Å². The molecule has 0 saturated carbocycles. The van der Waals surface area contributed by atoms with Crippen LogP contribution in [0.5, 0.6) is 0 Å². The third-order valence-electron chi connectivity index (χ3n) is 4.68. The van der Waals surface area contributed by atoms with Gasteiger partial charge in [0.2, 0.25) is 5.89 Å². The van der Waals surface area contributed by atoms with Gasteiger partial charge in [-0.2, -0.15) is 0 Å². The third kappa shape index (κ3) is 3.47. The molecule has 24 heavy (non-hydrogen) atoms. The van der Waals surface area contributed by atoms with Crippen LogP contribution in [0.4, 0.5) is 4.79 Å². The minimum absolute atomic E-state index is 0.0181. The monoisotopic (exact) mass is 331 g/mol. The lowest BCUT2D eigenvalue weighted by atomic mass is 9.91. The number of nitrogens with one attached hydrogen (secondary N) is 1. The highest BCUT2D eigenvalue weighted by atomic mass is 16.4. The highest BCUT2D eigenvalue weighted by Crippen LogP contribution is 2.34. The molecule has 3 rings (SSSR count). The Kier molecular flexibility index (Phi) is 4.64. The molecule has 1 aliphatic rings. The van der Waals surface area contributed by atoms with E-state index in [0.717, 1.165) is 42.4 Å². The van der Waals surface area contributed by atoms with Crippen molar-refractivity contribution in [1.29, 1.82) is 0 Å². The number of oxazole rings is 1. The molecule has 3 heterocycles. The number of likely N-dealkylation sites (tertiary alicyclic amines) is 1. The molecule has 1 fully saturated rings. The maximum atomic E-state index is 12.7. The summed E-state index contributed by atoms with van der Waals surface area (Å²) in [6.45, 7) is 8.93. The lowest BCUT2D eigenvalue weighted by Gasteiger charge is -2.37. The summed E-state index contributed by atoms with van der Waals surface area (Å²) in [5.41, 5.74) is 0.856. The second kappa shape index (κ2) is 6.71. The number of urea groups is 1. The van der Waals surface area contributed by atoms with Gasteiger partial charge in [0, 0.05) is 6.54 Å². The fraction of sp³-hybridized carbons (Fsp3) is 0.556. The van der Waals surface area contributed by atoms with Gasteiger partial charge in [-0.25, -0.2) is 9.78 Å². The Hall–Kier alpha value is -2.24. The van der Waals surface area contributed by atoms with Gasteiger partial charge in [0.05, 0.1) is 18.3 Å². The first-order chi connectivity index (χ1) is 11.4. The van der Waals surface area contributed by atoms with Gasteiger partial charge in [0.25, 0.3) is 0 Å². The molecule has 1 saturated heterocycles. The molecule has 6 nitrogen and oxygen atoms in total. The second-order valence-corrected chi connectivity index (χ2v) is 6.70. The van der Waals surface area contributed by atoms with E-state index in [0.29, 0.717) is 18.4 Å². The van der Waals surface area contributed by atoms with Gasteiger partial charge in [0.1, 0.15) is 17.3 Å². The average Bonchev–Trinajstić information content (AvgIpc) is 3.11. The first-order valence-corrected chi connectivity index (χ1v) is 8.47. The Labute approximate surface area is 142 Å². The van der Waals surface area contributed by atoms with Gasteiger partial charge < -0.3 is 19.1 Å². The van der Waals surface area contributed by atoms with E-state index in [1.54, 1.807) is 0 Å². The predicted octanol–water partition coefficient (Wildman–Crippen LogP) is 3.88. The van der Waals surface area contributed by atoms with E-state index in [9.17, 15) is 4.79 Å². The van der Waals surface area contributed by atoms with Crippen LogP contribution in [0.3, 0.4) is 0 Å².